The molecule has 3 heteroatoms. The summed E-state index contributed by atoms with van der Waals surface area (Å²) >= 11 is 0. The van der Waals surface area contributed by atoms with Crippen LogP contribution in [0.3, 0.4) is 0 Å². The molecule has 0 aliphatic carbocycles. The van der Waals surface area contributed by atoms with Crippen LogP contribution in [0, 0.1) is 5.92 Å². The van der Waals surface area contributed by atoms with Crippen LogP contribution >= 0.6 is 0 Å². The Hall–Kier alpha value is -0.570. The number of carbonyl (C=O) groups is 1. The topological polar surface area (TPSA) is 72.3 Å². The molecule has 0 rings (SSSR count). The Labute approximate surface area is 208 Å². The molecule has 0 heterocycles. The van der Waals surface area contributed by atoms with Gasteiger partial charge in [-0.1, -0.05) is 168 Å². The number of aliphatic carboxylic acids is 1. The molecule has 33 heavy (non-hydrogen) atoms. The van der Waals surface area contributed by atoms with Crippen LogP contribution in [0.1, 0.15) is 181 Å². The molecule has 4 N–H and O–H groups in total. The molecule has 0 bridgehead atoms. The van der Waals surface area contributed by atoms with E-state index in [9.17, 15) is 9.90 Å². The van der Waals surface area contributed by atoms with E-state index in [4.69, 9.17) is 0 Å². The van der Waals surface area contributed by atoms with E-state index in [0.29, 0.717) is 0 Å². The lowest BCUT2D eigenvalue weighted by Crippen LogP contribution is -2.13. The minimum atomic E-state index is -0.560. The van der Waals surface area contributed by atoms with Gasteiger partial charge >= 0.3 is 5.97 Å². The Morgan fingerprint density at radius 3 is 0.879 bits per heavy atom. The van der Waals surface area contributed by atoms with E-state index in [2.05, 4.69) is 13.8 Å². The first-order valence-corrected chi connectivity index (χ1v) is 14.9. The van der Waals surface area contributed by atoms with Gasteiger partial charge in [-0.25, -0.2) is 0 Å². The zero-order valence-corrected chi connectivity index (χ0v) is 23.0. The van der Waals surface area contributed by atoms with Crippen molar-refractivity contribution in [2.24, 2.45) is 5.92 Å². The summed E-state index contributed by atoms with van der Waals surface area (Å²) in [6.45, 7) is 4.55. The van der Waals surface area contributed by atoms with Crippen LogP contribution in [0.5, 0.6) is 0 Å². The van der Waals surface area contributed by atoms with Gasteiger partial charge in [0.15, 0.2) is 0 Å². The van der Waals surface area contributed by atoms with E-state index in [1.807, 2.05) is 0 Å². The third-order valence-electron chi connectivity index (χ3n) is 7.16. The predicted octanol–water partition coefficient (Wildman–Crippen LogP) is 11.0. The van der Waals surface area contributed by atoms with Crippen molar-refractivity contribution in [3.63, 3.8) is 0 Å². The molecule has 200 valence electrons. The fraction of sp³-hybridized carbons (Fsp3) is 0.967. The van der Waals surface area contributed by atoms with Crippen molar-refractivity contribution in [3.8, 4) is 0 Å². The van der Waals surface area contributed by atoms with Gasteiger partial charge < -0.3 is 11.3 Å². The van der Waals surface area contributed by atoms with Crippen LogP contribution in [0.15, 0.2) is 0 Å². The predicted molar refractivity (Wildman–Crippen MR) is 148 cm³/mol. The largest absolute Gasteiger partial charge is 0.481 e. The van der Waals surface area contributed by atoms with Crippen LogP contribution in [-0.2, 0) is 4.79 Å². The zero-order valence-electron chi connectivity index (χ0n) is 23.0. The Bertz CT molecular complexity index is 372. The van der Waals surface area contributed by atoms with Gasteiger partial charge in [0.25, 0.3) is 0 Å². The van der Waals surface area contributed by atoms with E-state index in [1.165, 1.54) is 141 Å². The first kappa shape index (κ1) is 34.6. The second kappa shape index (κ2) is 29.5. The minimum Gasteiger partial charge on any atom is -0.481 e. The molecule has 1 atom stereocenters. The summed E-state index contributed by atoms with van der Waals surface area (Å²) in [4.78, 5) is 11.6. The molecule has 0 saturated heterocycles. The van der Waals surface area contributed by atoms with Crippen LogP contribution in [0.2, 0.25) is 0 Å². The van der Waals surface area contributed by atoms with Crippen molar-refractivity contribution in [1.29, 1.82) is 0 Å². The van der Waals surface area contributed by atoms with Crippen molar-refractivity contribution in [3.05, 3.63) is 0 Å². The standard InChI is InChI=1S/C30H60O2.H3N/c1-3-5-7-9-11-13-15-16-17-18-20-22-24-26-28-29(30(31)32)27-25-23-21-19-14-12-10-8-6-4-2;/h29H,3-28H2,1-2H3,(H,31,32);1H3. The SMILES string of the molecule is CCCCCCCCCCCCCCCCC(CCCCCCCCCCCC)C(=O)O.N. The second-order valence-electron chi connectivity index (χ2n) is 10.4. The zero-order chi connectivity index (χ0) is 23.5. The maximum Gasteiger partial charge on any atom is 0.306 e. The molecule has 0 saturated carbocycles. The van der Waals surface area contributed by atoms with Crippen molar-refractivity contribution >= 4 is 5.97 Å². The van der Waals surface area contributed by atoms with Crippen LogP contribution in [0.4, 0.5) is 0 Å². The van der Waals surface area contributed by atoms with Crippen molar-refractivity contribution in [2.75, 3.05) is 0 Å². The number of carboxylic acids is 1. The third kappa shape index (κ3) is 27.6. The molecule has 0 aliphatic rings. The molecule has 0 aromatic carbocycles. The van der Waals surface area contributed by atoms with E-state index >= 15 is 0 Å². The van der Waals surface area contributed by atoms with Gasteiger partial charge in [-0.15, -0.1) is 0 Å². The smallest absolute Gasteiger partial charge is 0.306 e. The van der Waals surface area contributed by atoms with Crippen molar-refractivity contribution in [1.82, 2.24) is 6.15 Å². The minimum absolute atomic E-state index is 0. The second-order valence-corrected chi connectivity index (χ2v) is 10.4. The van der Waals surface area contributed by atoms with E-state index in [-0.39, 0.29) is 12.1 Å². The first-order valence-electron chi connectivity index (χ1n) is 14.9. The van der Waals surface area contributed by atoms with Gasteiger partial charge in [-0.05, 0) is 12.8 Å². The normalized spacial score (nSPS) is 11.9. The summed E-state index contributed by atoms with van der Waals surface area (Å²) in [7, 11) is 0. The van der Waals surface area contributed by atoms with Gasteiger partial charge in [0.05, 0.1) is 5.92 Å². The number of unbranched alkanes of at least 4 members (excludes halogenated alkanes) is 22. The third-order valence-corrected chi connectivity index (χ3v) is 7.16. The highest BCUT2D eigenvalue weighted by atomic mass is 16.4. The lowest BCUT2D eigenvalue weighted by molar-refractivity contribution is -0.142. The molecule has 1 unspecified atom stereocenters. The maximum atomic E-state index is 11.6. The van der Waals surface area contributed by atoms with Gasteiger partial charge in [-0.2, -0.15) is 0 Å². The molecular formula is C30H63NO2. The summed E-state index contributed by atoms with van der Waals surface area (Å²) < 4.78 is 0. The average molecular weight is 470 g/mol. The summed E-state index contributed by atoms with van der Waals surface area (Å²) in [5, 5.41) is 9.52. The number of hydrogen-bond acceptors (Lipinski definition) is 2. The highest BCUT2D eigenvalue weighted by molar-refractivity contribution is 5.69. The van der Waals surface area contributed by atoms with Gasteiger partial charge in [0.2, 0.25) is 0 Å². The Balaban J connectivity index is 0. The Morgan fingerprint density at radius 1 is 0.455 bits per heavy atom. The molecule has 3 nitrogen and oxygen atoms in total. The highest BCUT2D eigenvalue weighted by Gasteiger charge is 2.16. The summed E-state index contributed by atoms with van der Waals surface area (Å²) in [6.07, 6.45) is 34.0. The maximum absolute atomic E-state index is 11.6. The summed E-state index contributed by atoms with van der Waals surface area (Å²) in [6, 6.07) is 0. The molecular weight excluding hydrogens is 406 g/mol. The summed E-state index contributed by atoms with van der Waals surface area (Å²) in [5.41, 5.74) is 0. The highest BCUT2D eigenvalue weighted by Crippen LogP contribution is 2.20. The molecule has 0 aromatic rings. The Morgan fingerprint density at radius 2 is 0.667 bits per heavy atom. The molecule has 0 aliphatic heterocycles. The number of hydrogen-bond donors (Lipinski definition) is 2. The average Bonchev–Trinajstić information content (AvgIpc) is 2.78. The fourth-order valence-electron chi connectivity index (χ4n) is 4.85. The lowest BCUT2D eigenvalue weighted by atomic mass is 9.94. The molecule has 0 spiro atoms. The van der Waals surface area contributed by atoms with Gasteiger partial charge in [0.1, 0.15) is 0 Å². The molecule has 0 amide bonds. The van der Waals surface area contributed by atoms with E-state index in [0.717, 1.165) is 25.7 Å². The van der Waals surface area contributed by atoms with Crippen molar-refractivity contribution < 1.29 is 9.90 Å². The summed E-state index contributed by atoms with van der Waals surface area (Å²) in [5.74, 6) is -0.656. The van der Waals surface area contributed by atoms with Crippen LogP contribution < -0.4 is 6.15 Å². The first-order chi connectivity index (χ1) is 15.7. The number of rotatable bonds is 27. The van der Waals surface area contributed by atoms with E-state index < -0.39 is 5.97 Å². The number of carboxylic acid groups (broad SMARTS) is 1. The molecule has 0 fully saturated rings. The lowest BCUT2D eigenvalue weighted by Gasteiger charge is -2.12. The molecule has 0 radical (unpaired) electrons. The van der Waals surface area contributed by atoms with Gasteiger partial charge in [-0.3, -0.25) is 4.79 Å². The van der Waals surface area contributed by atoms with Crippen LogP contribution in [-0.4, -0.2) is 11.1 Å². The monoisotopic (exact) mass is 469 g/mol. The van der Waals surface area contributed by atoms with Crippen molar-refractivity contribution in [2.45, 2.75) is 181 Å². The van der Waals surface area contributed by atoms with E-state index in [1.54, 1.807) is 0 Å². The quantitative estimate of drug-likeness (QED) is 0.117. The fourth-order valence-corrected chi connectivity index (χ4v) is 4.85. The molecule has 0 aromatic heterocycles. The Kier molecular flexibility index (Phi) is 30.9. The van der Waals surface area contributed by atoms with Crippen LogP contribution in [0.25, 0.3) is 0 Å². The van der Waals surface area contributed by atoms with Gasteiger partial charge in [0, 0.05) is 0 Å².